The summed E-state index contributed by atoms with van der Waals surface area (Å²) in [5.41, 5.74) is 1.96. The molecule has 2 aromatic rings. The van der Waals surface area contributed by atoms with Crippen LogP contribution in [0.25, 0.3) is 0 Å². The van der Waals surface area contributed by atoms with Gasteiger partial charge in [0.2, 0.25) is 0 Å². The molecule has 2 saturated heterocycles. The van der Waals surface area contributed by atoms with E-state index in [-0.39, 0.29) is 17.9 Å². The highest BCUT2D eigenvalue weighted by Gasteiger charge is 2.40. The summed E-state index contributed by atoms with van der Waals surface area (Å²) in [6.45, 7) is 0.860. The van der Waals surface area contributed by atoms with E-state index in [0.717, 1.165) is 30.6 Å². The Kier molecular flexibility index (Phi) is 4.89. The highest BCUT2D eigenvalue weighted by Crippen LogP contribution is 2.36. The Labute approximate surface area is 153 Å². The van der Waals surface area contributed by atoms with Gasteiger partial charge in [-0.2, -0.15) is 0 Å². The monoisotopic (exact) mass is 353 g/mol. The van der Waals surface area contributed by atoms with E-state index in [1.807, 2.05) is 42.5 Å². The maximum atomic E-state index is 13.1. The zero-order valence-electron chi connectivity index (χ0n) is 14.7. The summed E-state index contributed by atoms with van der Waals surface area (Å²) in [5, 5.41) is 6.03. The van der Waals surface area contributed by atoms with Gasteiger partial charge >= 0.3 is 6.03 Å². The Morgan fingerprint density at radius 2 is 1.65 bits per heavy atom. The molecular weight excluding hydrogens is 329 g/mol. The maximum absolute atomic E-state index is 13.1. The average molecular weight is 353 g/mol. The molecule has 4 nitrogen and oxygen atoms in total. The second-order valence-electron chi connectivity index (χ2n) is 7.32. The van der Waals surface area contributed by atoms with Gasteiger partial charge in [0.05, 0.1) is 0 Å². The largest absolute Gasteiger partial charge is 0.335 e. The molecule has 2 atom stereocenters. The van der Waals surface area contributed by atoms with Crippen LogP contribution in [0, 0.1) is 5.82 Å². The lowest BCUT2D eigenvalue weighted by Gasteiger charge is -2.39. The van der Waals surface area contributed by atoms with Crippen LogP contribution in [0.4, 0.5) is 14.9 Å². The molecule has 0 aliphatic carbocycles. The van der Waals surface area contributed by atoms with Gasteiger partial charge in [-0.05, 0) is 55.5 Å². The lowest BCUT2D eigenvalue weighted by Crippen LogP contribution is -2.50. The third kappa shape index (κ3) is 3.88. The first-order chi connectivity index (χ1) is 12.7. The fourth-order valence-corrected chi connectivity index (χ4v) is 4.32. The topological polar surface area (TPSA) is 44.4 Å². The lowest BCUT2D eigenvalue weighted by molar-refractivity contribution is 0.112. The quantitative estimate of drug-likeness (QED) is 0.867. The fraction of sp³-hybridized carbons (Fsp3) is 0.381. The number of hydrogen-bond donors (Lipinski definition) is 2. The van der Waals surface area contributed by atoms with Crippen molar-refractivity contribution in [2.24, 2.45) is 0 Å². The van der Waals surface area contributed by atoms with Gasteiger partial charge in [0, 0.05) is 30.4 Å². The van der Waals surface area contributed by atoms with Gasteiger partial charge in [-0.25, -0.2) is 9.18 Å². The molecule has 2 aliphatic heterocycles. The summed E-state index contributed by atoms with van der Waals surface area (Å²) in [6, 6.07) is 17.3. The normalized spacial score (nSPS) is 25.0. The molecule has 4 rings (SSSR count). The Morgan fingerprint density at radius 3 is 2.31 bits per heavy atom. The number of hydrogen-bond acceptors (Lipinski definition) is 2. The number of urea groups is 1. The van der Waals surface area contributed by atoms with Crippen molar-refractivity contribution in [2.75, 3.05) is 5.32 Å². The van der Waals surface area contributed by atoms with E-state index in [4.69, 9.17) is 0 Å². The number of anilines is 1. The molecular formula is C21H24FN3O. The minimum absolute atomic E-state index is 0.132. The van der Waals surface area contributed by atoms with Gasteiger partial charge in [0.15, 0.2) is 0 Å². The standard InChI is InChI=1S/C21H24FN3O/c22-16-8-6-15(7-9-16)14-25-19-10-11-20(25)13-18(12-19)24-21(26)23-17-4-2-1-3-5-17/h1-9,18-20H,10-14H2,(H2,23,24,26). The molecule has 136 valence electrons. The van der Waals surface area contributed by atoms with Crippen LogP contribution in [0.15, 0.2) is 54.6 Å². The zero-order valence-corrected chi connectivity index (χ0v) is 14.7. The number of benzene rings is 2. The third-order valence-corrected chi connectivity index (χ3v) is 5.53. The van der Waals surface area contributed by atoms with Crippen LogP contribution in [0.2, 0.25) is 0 Å². The Hall–Kier alpha value is -2.40. The summed E-state index contributed by atoms with van der Waals surface area (Å²) >= 11 is 0. The molecule has 0 aromatic heterocycles. The van der Waals surface area contributed by atoms with Crippen LogP contribution >= 0.6 is 0 Å². The number of para-hydroxylation sites is 1. The van der Waals surface area contributed by atoms with Crippen LogP contribution in [-0.4, -0.2) is 29.1 Å². The summed E-state index contributed by atoms with van der Waals surface area (Å²) < 4.78 is 13.1. The molecule has 2 aromatic carbocycles. The van der Waals surface area contributed by atoms with Crippen molar-refractivity contribution in [1.29, 1.82) is 0 Å². The molecule has 2 heterocycles. The first kappa shape index (κ1) is 17.0. The number of amides is 2. The maximum Gasteiger partial charge on any atom is 0.319 e. The molecule has 2 fully saturated rings. The van der Waals surface area contributed by atoms with Gasteiger partial charge in [0.25, 0.3) is 0 Å². The molecule has 0 spiro atoms. The Balaban J connectivity index is 1.33. The first-order valence-corrected chi connectivity index (χ1v) is 9.30. The van der Waals surface area contributed by atoms with Gasteiger partial charge in [-0.3, -0.25) is 4.90 Å². The number of fused-ring (bicyclic) bond motifs is 2. The number of halogens is 1. The Morgan fingerprint density at radius 1 is 1.00 bits per heavy atom. The predicted octanol–water partition coefficient (Wildman–Crippen LogP) is 4.14. The molecule has 26 heavy (non-hydrogen) atoms. The molecule has 5 heteroatoms. The summed E-state index contributed by atoms with van der Waals surface area (Å²) in [6.07, 6.45) is 4.29. The molecule has 0 saturated carbocycles. The molecule has 2 N–H and O–H groups in total. The van der Waals surface area contributed by atoms with E-state index >= 15 is 0 Å². The first-order valence-electron chi connectivity index (χ1n) is 9.30. The molecule has 2 aliphatic rings. The predicted molar refractivity (Wildman–Crippen MR) is 100 cm³/mol. The number of nitrogens with one attached hydrogen (secondary N) is 2. The van der Waals surface area contributed by atoms with Gasteiger partial charge in [-0.1, -0.05) is 30.3 Å². The Bertz CT molecular complexity index is 736. The van der Waals surface area contributed by atoms with E-state index in [9.17, 15) is 9.18 Å². The van der Waals surface area contributed by atoms with Crippen molar-refractivity contribution in [1.82, 2.24) is 10.2 Å². The number of piperidine rings is 1. The van der Waals surface area contributed by atoms with Crippen LogP contribution in [0.1, 0.15) is 31.2 Å². The van der Waals surface area contributed by atoms with Crippen molar-refractivity contribution in [3.8, 4) is 0 Å². The van der Waals surface area contributed by atoms with Crippen molar-refractivity contribution in [2.45, 2.75) is 50.4 Å². The van der Waals surface area contributed by atoms with Gasteiger partial charge in [0.1, 0.15) is 5.82 Å². The minimum Gasteiger partial charge on any atom is -0.335 e. The number of rotatable bonds is 4. The summed E-state index contributed by atoms with van der Waals surface area (Å²) in [5.74, 6) is -0.191. The fourth-order valence-electron chi connectivity index (χ4n) is 4.32. The van der Waals surface area contributed by atoms with Gasteiger partial charge in [-0.15, -0.1) is 0 Å². The number of carbonyl (C=O) groups excluding carboxylic acids is 1. The van der Waals surface area contributed by atoms with Crippen LogP contribution in [0.3, 0.4) is 0 Å². The lowest BCUT2D eigenvalue weighted by atomic mass is 9.96. The summed E-state index contributed by atoms with van der Waals surface area (Å²) in [7, 11) is 0. The van der Waals surface area contributed by atoms with E-state index < -0.39 is 0 Å². The van der Waals surface area contributed by atoms with Crippen molar-refractivity contribution in [3.05, 3.63) is 66.0 Å². The van der Waals surface area contributed by atoms with E-state index in [1.165, 1.54) is 25.0 Å². The van der Waals surface area contributed by atoms with E-state index in [2.05, 4.69) is 15.5 Å². The average Bonchev–Trinajstić information content (AvgIpc) is 2.86. The molecule has 2 amide bonds. The summed E-state index contributed by atoms with van der Waals surface area (Å²) in [4.78, 5) is 14.8. The number of nitrogens with zero attached hydrogens (tertiary/aromatic N) is 1. The minimum atomic E-state index is -0.191. The molecule has 0 radical (unpaired) electrons. The highest BCUT2D eigenvalue weighted by molar-refractivity contribution is 5.89. The van der Waals surface area contributed by atoms with Crippen LogP contribution in [0.5, 0.6) is 0 Å². The van der Waals surface area contributed by atoms with E-state index in [1.54, 1.807) is 0 Å². The smallest absolute Gasteiger partial charge is 0.319 e. The second kappa shape index (κ2) is 7.46. The van der Waals surface area contributed by atoms with Gasteiger partial charge < -0.3 is 10.6 Å². The highest BCUT2D eigenvalue weighted by atomic mass is 19.1. The van der Waals surface area contributed by atoms with E-state index in [0.29, 0.717) is 12.1 Å². The number of carbonyl (C=O) groups is 1. The second-order valence-corrected chi connectivity index (χ2v) is 7.32. The van der Waals surface area contributed by atoms with Crippen molar-refractivity contribution < 1.29 is 9.18 Å². The van der Waals surface area contributed by atoms with Crippen molar-refractivity contribution >= 4 is 11.7 Å². The molecule has 2 unspecified atom stereocenters. The van der Waals surface area contributed by atoms with Crippen molar-refractivity contribution in [3.63, 3.8) is 0 Å². The third-order valence-electron chi connectivity index (χ3n) is 5.53. The van der Waals surface area contributed by atoms with Crippen LogP contribution < -0.4 is 10.6 Å². The SMILES string of the molecule is O=C(Nc1ccccc1)NC1CC2CCC(C1)N2Cc1ccc(F)cc1. The van der Waals surface area contributed by atoms with Crippen LogP contribution in [-0.2, 0) is 6.54 Å². The zero-order chi connectivity index (χ0) is 17.9. The molecule has 2 bridgehead atoms.